The van der Waals surface area contributed by atoms with Crippen molar-refractivity contribution in [2.45, 2.75) is 39.2 Å². The van der Waals surface area contributed by atoms with Gasteiger partial charge in [0.1, 0.15) is 6.61 Å². The topological polar surface area (TPSA) is 64.3 Å². The fourth-order valence-corrected chi connectivity index (χ4v) is 2.18. The van der Waals surface area contributed by atoms with Crippen LogP contribution in [0.25, 0.3) is 0 Å². The predicted octanol–water partition coefficient (Wildman–Crippen LogP) is 0.657. The minimum absolute atomic E-state index is 0.0236. The van der Waals surface area contributed by atoms with Gasteiger partial charge in [0, 0.05) is 12.6 Å². The first kappa shape index (κ1) is 12.5. The average molecular weight is 214 g/mol. The Morgan fingerprint density at radius 1 is 1.60 bits per heavy atom. The Labute approximate surface area is 91.5 Å². The van der Waals surface area contributed by atoms with Gasteiger partial charge in [-0.2, -0.15) is 0 Å². The lowest BCUT2D eigenvalue weighted by Gasteiger charge is -2.27. The van der Waals surface area contributed by atoms with Gasteiger partial charge < -0.3 is 15.8 Å². The Hall–Kier alpha value is -0.610. The molecule has 1 aliphatic rings. The molecule has 88 valence electrons. The van der Waals surface area contributed by atoms with Gasteiger partial charge in [-0.1, -0.05) is 20.3 Å². The Kier molecular flexibility index (Phi) is 4.54. The summed E-state index contributed by atoms with van der Waals surface area (Å²) in [5.41, 5.74) is 5.35. The van der Waals surface area contributed by atoms with E-state index >= 15 is 0 Å². The third-order valence-electron chi connectivity index (χ3n) is 3.14. The van der Waals surface area contributed by atoms with Gasteiger partial charge >= 0.3 is 0 Å². The smallest absolute Gasteiger partial charge is 0.243 e. The van der Waals surface area contributed by atoms with Gasteiger partial charge in [-0.05, 0) is 18.3 Å². The van der Waals surface area contributed by atoms with Crippen molar-refractivity contribution in [2.75, 3.05) is 19.8 Å². The molecule has 1 amide bonds. The van der Waals surface area contributed by atoms with Gasteiger partial charge in [-0.25, -0.2) is 0 Å². The molecule has 0 bridgehead atoms. The van der Waals surface area contributed by atoms with Crippen molar-refractivity contribution in [2.24, 2.45) is 11.1 Å². The average Bonchev–Trinajstić information content (AvgIpc) is 2.44. The van der Waals surface area contributed by atoms with Gasteiger partial charge in [0.2, 0.25) is 5.91 Å². The summed E-state index contributed by atoms with van der Waals surface area (Å²) in [4.78, 5) is 10.4. The van der Waals surface area contributed by atoms with Crippen LogP contribution >= 0.6 is 0 Å². The number of ether oxygens (including phenoxy) is 1. The van der Waals surface area contributed by atoms with Gasteiger partial charge in [-0.15, -0.1) is 0 Å². The summed E-state index contributed by atoms with van der Waals surface area (Å²) in [7, 11) is 0. The van der Waals surface area contributed by atoms with Crippen LogP contribution in [0.1, 0.15) is 33.1 Å². The van der Waals surface area contributed by atoms with E-state index in [0.717, 1.165) is 6.54 Å². The van der Waals surface area contributed by atoms with Crippen LogP contribution in [0.15, 0.2) is 0 Å². The fourth-order valence-electron chi connectivity index (χ4n) is 2.18. The number of carbonyl (C=O) groups is 1. The molecule has 4 heteroatoms. The highest BCUT2D eigenvalue weighted by Crippen LogP contribution is 2.36. The monoisotopic (exact) mass is 214 g/mol. The quantitative estimate of drug-likeness (QED) is 0.638. The number of amides is 1. The van der Waals surface area contributed by atoms with E-state index in [-0.39, 0.29) is 6.61 Å². The normalized spacial score (nSPS) is 24.3. The molecular formula is C11H22N2O2. The number of rotatable bonds is 6. The molecule has 4 nitrogen and oxygen atoms in total. The highest BCUT2D eigenvalue weighted by molar-refractivity contribution is 5.74. The molecule has 0 spiro atoms. The second kappa shape index (κ2) is 5.47. The molecular weight excluding hydrogens is 192 g/mol. The molecule has 0 saturated heterocycles. The number of carbonyl (C=O) groups excluding carboxylic acids is 1. The summed E-state index contributed by atoms with van der Waals surface area (Å²) >= 11 is 0. The Morgan fingerprint density at radius 3 is 2.87 bits per heavy atom. The molecule has 3 N–H and O–H groups in total. The van der Waals surface area contributed by atoms with Crippen LogP contribution in [0.4, 0.5) is 0 Å². The number of nitrogens with one attached hydrogen (secondary N) is 1. The van der Waals surface area contributed by atoms with Crippen LogP contribution in [0, 0.1) is 5.41 Å². The molecule has 1 atom stereocenters. The first-order valence-corrected chi connectivity index (χ1v) is 5.62. The maximum absolute atomic E-state index is 10.4. The van der Waals surface area contributed by atoms with Crippen LogP contribution in [-0.2, 0) is 9.53 Å². The Bertz CT molecular complexity index is 217. The van der Waals surface area contributed by atoms with E-state index < -0.39 is 5.91 Å². The molecule has 1 saturated carbocycles. The SMILES string of the molecule is CC1(C)CCCC1NCCOCC(N)=O. The Morgan fingerprint density at radius 2 is 2.33 bits per heavy atom. The second-order valence-electron chi connectivity index (χ2n) is 4.91. The maximum Gasteiger partial charge on any atom is 0.243 e. The molecule has 1 fully saturated rings. The molecule has 0 aliphatic heterocycles. The fraction of sp³-hybridized carbons (Fsp3) is 0.909. The van der Waals surface area contributed by atoms with E-state index in [4.69, 9.17) is 10.5 Å². The molecule has 0 aromatic carbocycles. The minimum Gasteiger partial charge on any atom is -0.370 e. The van der Waals surface area contributed by atoms with E-state index in [9.17, 15) is 4.79 Å². The third-order valence-corrected chi connectivity index (χ3v) is 3.14. The standard InChI is InChI=1S/C11H22N2O2/c1-11(2)5-3-4-9(11)13-6-7-15-8-10(12)14/h9,13H,3-8H2,1-2H3,(H2,12,14). The van der Waals surface area contributed by atoms with Crippen LogP contribution in [0.5, 0.6) is 0 Å². The van der Waals surface area contributed by atoms with E-state index in [1.165, 1.54) is 19.3 Å². The predicted molar refractivity (Wildman–Crippen MR) is 59.4 cm³/mol. The summed E-state index contributed by atoms with van der Waals surface area (Å²) in [6.45, 7) is 5.95. The summed E-state index contributed by atoms with van der Waals surface area (Å²) in [5, 5.41) is 3.47. The number of primary amides is 1. The van der Waals surface area contributed by atoms with E-state index in [1.807, 2.05) is 0 Å². The van der Waals surface area contributed by atoms with Crippen LogP contribution in [0.2, 0.25) is 0 Å². The van der Waals surface area contributed by atoms with Crippen LogP contribution in [0.3, 0.4) is 0 Å². The molecule has 0 aromatic heterocycles. The zero-order valence-corrected chi connectivity index (χ0v) is 9.71. The van der Waals surface area contributed by atoms with Crippen molar-refractivity contribution >= 4 is 5.91 Å². The van der Waals surface area contributed by atoms with Crippen molar-refractivity contribution in [1.29, 1.82) is 0 Å². The van der Waals surface area contributed by atoms with Gasteiger partial charge in [0.15, 0.2) is 0 Å². The van der Waals surface area contributed by atoms with Crippen LogP contribution < -0.4 is 11.1 Å². The molecule has 0 radical (unpaired) electrons. The first-order chi connectivity index (χ1) is 7.02. The van der Waals surface area contributed by atoms with Crippen molar-refractivity contribution < 1.29 is 9.53 Å². The third kappa shape index (κ3) is 4.18. The number of hydrogen-bond acceptors (Lipinski definition) is 3. The lowest BCUT2D eigenvalue weighted by atomic mass is 9.87. The lowest BCUT2D eigenvalue weighted by Crippen LogP contribution is -2.39. The van der Waals surface area contributed by atoms with E-state index in [0.29, 0.717) is 18.1 Å². The second-order valence-corrected chi connectivity index (χ2v) is 4.91. The van der Waals surface area contributed by atoms with Gasteiger partial charge in [-0.3, -0.25) is 4.79 Å². The molecule has 1 unspecified atom stereocenters. The molecule has 0 heterocycles. The van der Waals surface area contributed by atoms with Crippen LogP contribution in [-0.4, -0.2) is 31.7 Å². The summed E-state index contributed by atoms with van der Waals surface area (Å²) in [6.07, 6.45) is 3.82. The zero-order chi connectivity index (χ0) is 11.3. The van der Waals surface area contributed by atoms with Crippen molar-refractivity contribution in [3.05, 3.63) is 0 Å². The van der Waals surface area contributed by atoms with Crippen molar-refractivity contribution in [3.63, 3.8) is 0 Å². The highest BCUT2D eigenvalue weighted by Gasteiger charge is 2.33. The molecule has 1 rings (SSSR count). The summed E-state index contributed by atoms with van der Waals surface area (Å²) in [6, 6.07) is 0.578. The molecule has 15 heavy (non-hydrogen) atoms. The van der Waals surface area contributed by atoms with Crippen molar-refractivity contribution in [1.82, 2.24) is 5.32 Å². The van der Waals surface area contributed by atoms with Crippen molar-refractivity contribution in [3.8, 4) is 0 Å². The maximum atomic E-state index is 10.4. The minimum atomic E-state index is -0.406. The highest BCUT2D eigenvalue weighted by atomic mass is 16.5. The number of hydrogen-bond donors (Lipinski definition) is 2. The van der Waals surface area contributed by atoms with Gasteiger partial charge in [0.05, 0.1) is 6.61 Å². The number of nitrogens with two attached hydrogens (primary N) is 1. The van der Waals surface area contributed by atoms with Gasteiger partial charge in [0.25, 0.3) is 0 Å². The van der Waals surface area contributed by atoms with E-state index in [2.05, 4.69) is 19.2 Å². The summed E-state index contributed by atoms with van der Waals surface area (Å²) < 4.78 is 5.09. The summed E-state index contributed by atoms with van der Waals surface area (Å²) in [5.74, 6) is -0.406. The first-order valence-electron chi connectivity index (χ1n) is 5.62. The zero-order valence-electron chi connectivity index (χ0n) is 9.71. The Balaban J connectivity index is 2.07. The molecule has 0 aromatic rings. The molecule has 1 aliphatic carbocycles. The van der Waals surface area contributed by atoms with E-state index in [1.54, 1.807) is 0 Å². The largest absolute Gasteiger partial charge is 0.370 e. The lowest BCUT2D eigenvalue weighted by molar-refractivity contribution is -0.122.